The maximum atomic E-state index is 14.2. The molecule has 8 heteroatoms. The smallest absolute Gasteiger partial charge is 0.283 e. The maximum Gasteiger partial charge on any atom is 0.283 e. The first-order chi connectivity index (χ1) is 14.4. The fraction of sp³-hybridized carbons (Fsp3) is 0. The van der Waals surface area contributed by atoms with E-state index in [2.05, 4.69) is 5.32 Å². The normalized spacial score (nSPS) is 13.9. The van der Waals surface area contributed by atoms with Gasteiger partial charge in [0.15, 0.2) is 0 Å². The summed E-state index contributed by atoms with van der Waals surface area (Å²) < 4.78 is 14.2. The predicted octanol–water partition coefficient (Wildman–Crippen LogP) is 6.12. The van der Waals surface area contributed by atoms with Crippen molar-refractivity contribution < 1.29 is 14.0 Å². The molecule has 0 bridgehead atoms. The third kappa shape index (κ3) is 4.07. The van der Waals surface area contributed by atoms with Crippen LogP contribution in [0.3, 0.4) is 0 Å². The lowest BCUT2D eigenvalue weighted by Crippen LogP contribution is -2.32. The van der Waals surface area contributed by atoms with Crippen LogP contribution in [0.4, 0.5) is 15.8 Å². The van der Waals surface area contributed by atoms with Gasteiger partial charge in [0.05, 0.1) is 11.4 Å². The van der Waals surface area contributed by atoms with Gasteiger partial charge in [-0.2, -0.15) is 0 Å². The molecule has 1 aliphatic heterocycles. The van der Waals surface area contributed by atoms with Gasteiger partial charge in [-0.3, -0.25) is 9.59 Å². The van der Waals surface area contributed by atoms with Gasteiger partial charge in [0.2, 0.25) is 0 Å². The number of hydrogen-bond donors (Lipinski definition) is 1. The highest BCUT2D eigenvalue weighted by molar-refractivity contribution is 8.04. The average molecular weight is 459 g/mol. The van der Waals surface area contributed by atoms with E-state index >= 15 is 0 Å². The lowest BCUT2D eigenvalue weighted by molar-refractivity contribution is -0.120. The Morgan fingerprint density at radius 2 is 1.57 bits per heavy atom. The molecule has 0 fully saturated rings. The molecule has 2 amide bonds. The van der Waals surface area contributed by atoms with Gasteiger partial charge in [0.1, 0.15) is 16.4 Å². The molecule has 0 radical (unpaired) electrons. The zero-order chi connectivity index (χ0) is 21.3. The number of nitrogens with zero attached hydrogens (tertiary/aromatic N) is 1. The van der Waals surface area contributed by atoms with Gasteiger partial charge in [-0.25, -0.2) is 9.29 Å². The number of nitrogens with one attached hydrogen (secondary N) is 1. The van der Waals surface area contributed by atoms with Crippen LogP contribution in [0.1, 0.15) is 0 Å². The Morgan fingerprint density at radius 1 is 0.833 bits per heavy atom. The average Bonchev–Trinajstić information content (AvgIpc) is 2.95. The number of anilines is 2. The van der Waals surface area contributed by atoms with Crippen LogP contribution in [0, 0.1) is 5.82 Å². The van der Waals surface area contributed by atoms with E-state index < -0.39 is 17.6 Å². The summed E-state index contributed by atoms with van der Waals surface area (Å²) in [6.45, 7) is 0. The lowest BCUT2D eigenvalue weighted by Gasteiger charge is -2.15. The highest BCUT2D eigenvalue weighted by Gasteiger charge is 2.40. The molecule has 0 spiro atoms. The third-order valence-corrected chi connectivity index (χ3v) is 5.85. The van der Waals surface area contributed by atoms with Gasteiger partial charge in [-0.05, 0) is 54.6 Å². The molecule has 0 saturated heterocycles. The number of imide groups is 1. The molecule has 0 saturated carbocycles. The van der Waals surface area contributed by atoms with Gasteiger partial charge in [-0.1, -0.05) is 53.2 Å². The third-order valence-electron chi connectivity index (χ3n) is 4.27. The number of amides is 2. The summed E-state index contributed by atoms with van der Waals surface area (Å²) >= 11 is 13.1. The molecule has 4 nitrogen and oxygen atoms in total. The lowest BCUT2D eigenvalue weighted by atomic mass is 10.2. The quantitative estimate of drug-likeness (QED) is 0.467. The van der Waals surface area contributed by atoms with E-state index in [0.717, 1.165) is 16.7 Å². The van der Waals surface area contributed by atoms with Crippen molar-refractivity contribution in [2.24, 2.45) is 0 Å². The summed E-state index contributed by atoms with van der Waals surface area (Å²) in [5, 5.41) is 3.73. The molecule has 1 heterocycles. The molecule has 150 valence electrons. The molecule has 0 aromatic heterocycles. The monoisotopic (exact) mass is 458 g/mol. The van der Waals surface area contributed by atoms with Crippen LogP contribution in [0.5, 0.6) is 0 Å². The largest absolute Gasteiger partial charge is 0.348 e. The zero-order valence-electron chi connectivity index (χ0n) is 15.2. The highest BCUT2D eigenvalue weighted by atomic mass is 35.5. The molecule has 0 atom stereocenters. The molecule has 0 aliphatic carbocycles. The van der Waals surface area contributed by atoms with Crippen molar-refractivity contribution in [2.45, 2.75) is 4.90 Å². The van der Waals surface area contributed by atoms with E-state index in [1.165, 1.54) is 24.3 Å². The first-order valence-electron chi connectivity index (χ1n) is 8.77. The zero-order valence-corrected chi connectivity index (χ0v) is 17.6. The Labute approximate surface area is 186 Å². The second kappa shape index (κ2) is 8.52. The molecular weight excluding hydrogens is 446 g/mol. The molecular formula is C22H13Cl2FN2O2S. The van der Waals surface area contributed by atoms with Crippen molar-refractivity contribution in [3.63, 3.8) is 0 Å². The number of rotatable bonds is 5. The van der Waals surface area contributed by atoms with E-state index in [4.69, 9.17) is 23.2 Å². The minimum absolute atomic E-state index is 0.00924. The first kappa shape index (κ1) is 20.5. The number of carbonyl (C=O) groups is 2. The van der Waals surface area contributed by atoms with Crippen LogP contribution in [-0.4, -0.2) is 11.8 Å². The predicted molar refractivity (Wildman–Crippen MR) is 118 cm³/mol. The van der Waals surface area contributed by atoms with E-state index in [1.807, 2.05) is 0 Å². The number of hydrogen-bond acceptors (Lipinski definition) is 4. The standard InChI is InChI=1S/C22H13Cl2FN2O2S/c23-13-8-10-16(11-9-13)30-20-19(26-18-7-2-1-6-17(18)25)21(28)27(22(20)29)15-5-3-4-14(24)12-15/h1-12,26H. The molecule has 1 aliphatic rings. The summed E-state index contributed by atoms with van der Waals surface area (Å²) in [7, 11) is 0. The number of thioether (sulfide) groups is 1. The topological polar surface area (TPSA) is 49.4 Å². The molecule has 30 heavy (non-hydrogen) atoms. The number of benzene rings is 3. The molecule has 1 N–H and O–H groups in total. The van der Waals surface area contributed by atoms with E-state index in [1.54, 1.807) is 48.5 Å². The first-order valence-corrected chi connectivity index (χ1v) is 10.3. The van der Waals surface area contributed by atoms with Crippen LogP contribution in [0.2, 0.25) is 10.0 Å². The number of carbonyl (C=O) groups excluding carboxylic acids is 2. The number of halogens is 3. The fourth-order valence-electron chi connectivity index (χ4n) is 2.88. The summed E-state index contributed by atoms with van der Waals surface area (Å²) in [5.74, 6) is -1.66. The van der Waals surface area contributed by atoms with Crippen LogP contribution < -0.4 is 10.2 Å². The highest BCUT2D eigenvalue weighted by Crippen LogP contribution is 2.38. The Morgan fingerprint density at radius 3 is 2.27 bits per heavy atom. The van der Waals surface area contributed by atoms with Crippen molar-refractivity contribution in [2.75, 3.05) is 10.2 Å². The summed E-state index contributed by atoms with van der Waals surface area (Å²) in [6, 6.07) is 19.2. The van der Waals surface area contributed by atoms with Crippen LogP contribution in [0.15, 0.2) is 88.3 Å². The van der Waals surface area contributed by atoms with Crippen molar-refractivity contribution in [3.8, 4) is 0 Å². The van der Waals surface area contributed by atoms with Crippen molar-refractivity contribution in [1.29, 1.82) is 0 Å². The van der Waals surface area contributed by atoms with E-state index in [-0.39, 0.29) is 16.3 Å². The Hall–Kier alpha value is -2.80. The minimum Gasteiger partial charge on any atom is -0.348 e. The van der Waals surface area contributed by atoms with Gasteiger partial charge < -0.3 is 5.32 Å². The number of para-hydroxylation sites is 1. The van der Waals surface area contributed by atoms with Crippen LogP contribution >= 0.6 is 35.0 Å². The maximum absolute atomic E-state index is 14.2. The van der Waals surface area contributed by atoms with Gasteiger partial charge in [0.25, 0.3) is 11.8 Å². The van der Waals surface area contributed by atoms with Crippen molar-refractivity contribution >= 4 is 58.2 Å². The second-order valence-electron chi connectivity index (χ2n) is 6.29. The summed E-state index contributed by atoms with van der Waals surface area (Å²) in [5.41, 5.74) is 0.415. The second-order valence-corrected chi connectivity index (χ2v) is 8.25. The van der Waals surface area contributed by atoms with E-state index in [0.29, 0.717) is 20.6 Å². The fourth-order valence-corrected chi connectivity index (χ4v) is 4.12. The van der Waals surface area contributed by atoms with Gasteiger partial charge in [0, 0.05) is 14.9 Å². The van der Waals surface area contributed by atoms with Crippen LogP contribution in [0.25, 0.3) is 0 Å². The van der Waals surface area contributed by atoms with Crippen molar-refractivity contribution in [3.05, 3.63) is 99.3 Å². The van der Waals surface area contributed by atoms with Crippen molar-refractivity contribution in [1.82, 2.24) is 0 Å². The molecule has 0 unspecified atom stereocenters. The molecule has 4 rings (SSSR count). The van der Waals surface area contributed by atoms with Gasteiger partial charge in [-0.15, -0.1) is 0 Å². The summed E-state index contributed by atoms with van der Waals surface area (Å²) in [6.07, 6.45) is 0. The van der Waals surface area contributed by atoms with Gasteiger partial charge >= 0.3 is 0 Å². The molecule has 3 aromatic rings. The minimum atomic E-state index is -0.595. The van der Waals surface area contributed by atoms with Crippen LogP contribution in [-0.2, 0) is 9.59 Å². The Kier molecular flexibility index (Phi) is 5.81. The SMILES string of the molecule is O=C1C(Nc2ccccc2F)=C(Sc2ccc(Cl)cc2)C(=O)N1c1cccc(Cl)c1. The Balaban J connectivity index is 1.76. The van der Waals surface area contributed by atoms with E-state index in [9.17, 15) is 14.0 Å². The Bertz CT molecular complexity index is 1180. The summed E-state index contributed by atoms with van der Waals surface area (Å²) in [4.78, 5) is 28.3. The molecule has 3 aromatic carbocycles.